The Bertz CT molecular complexity index is 525. The molecule has 2 rings (SSSR count). The van der Waals surface area contributed by atoms with E-state index in [0.717, 1.165) is 11.8 Å². The van der Waals surface area contributed by atoms with Crippen molar-refractivity contribution in [3.05, 3.63) is 63.2 Å². The number of esters is 2. The van der Waals surface area contributed by atoms with E-state index in [0.29, 0.717) is 49.1 Å². The van der Waals surface area contributed by atoms with Gasteiger partial charge in [-0.15, -0.1) is 23.5 Å². The van der Waals surface area contributed by atoms with Crippen LogP contribution in [-0.2, 0) is 45.7 Å². The molecule has 6 nitrogen and oxygen atoms in total. The van der Waals surface area contributed by atoms with Gasteiger partial charge in [-0.2, -0.15) is 0 Å². The molecule has 0 spiro atoms. The Morgan fingerprint density at radius 1 is 0.667 bits per heavy atom. The third-order valence-electron chi connectivity index (χ3n) is 3.97. The summed E-state index contributed by atoms with van der Waals surface area (Å²) in [5.41, 5.74) is 0. The Hall–Kier alpha value is -0.501. The first-order chi connectivity index (χ1) is 15.5. The van der Waals surface area contributed by atoms with Crippen LogP contribution in [0.5, 0.6) is 0 Å². The Balaban J connectivity index is 0.000000602. The van der Waals surface area contributed by atoms with Gasteiger partial charge < -0.3 is 9.47 Å². The van der Waals surface area contributed by atoms with Crippen molar-refractivity contribution in [2.24, 2.45) is 0 Å². The average Bonchev–Trinajstić information content (AvgIpc) is 3.49. The van der Waals surface area contributed by atoms with Gasteiger partial charge in [-0.25, -0.2) is 0 Å². The number of thioether (sulfide) groups is 2. The molecule has 0 heterocycles. The van der Waals surface area contributed by atoms with Crippen LogP contribution in [0.1, 0.15) is 26.7 Å². The zero-order chi connectivity index (χ0) is 23.6. The molecule has 180 valence electrons. The van der Waals surface area contributed by atoms with Crippen molar-refractivity contribution in [1.29, 1.82) is 0 Å². The van der Waals surface area contributed by atoms with E-state index in [4.69, 9.17) is 9.47 Å². The van der Waals surface area contributed by atoms with E-state index in [9.17, 15) is 19.2 Å². The van der Waals surface area contributed by atoms with Crippen molar-refractivity contribution in [2.75, 3.05) is 36.2 Å². The van der Waals surface area contributed by atoms with Gasteiger partial charge in [0.25, 0.3) is 0 Å². The zero-order valence-electron chi connectivity index (χ0n) is 18.9. The van der Waals surface area contributed by atoms with E-state index >= 15 is 0 Å². The molecular formula is C24H30FeO6S2+2. The smallest absolute Gasteiger partial charge is 0.465 e. The van der Waals surface area contributed by atoms with Crippen molar-refractivity contribution in [3.8, 4) is 0 Å². The Morgan fingerprint density at radius 2 is 1.00 bits per heavy atom. The van der Waals surface area contributed by atoms with E-state index in [2.05, 4.69) is 0 Å². The third-order valence-corrected chi connectivity index (χ3v) is 5.83. The Labute approximate surface area is 218 Å². The van der Waals surface area contributed by atoms with E-state index in [1.54, 1.807) is 39.5 Å². The molecular weight excluding hydrogens is 504 g/mol. The van der Waals surface area contributed by atoms with Crippen molar-refractivity contribution in [1.82, 2.24) is 0 Å². The van der Waals surface area contributed by atoms with Crippen molar-refractivity contribution >= 4 is 47.0 Å². The quantitative estimate of drug-likeness (QED) is 0.191. The summed E-state index contributed by atoms with van der Waals surface area (Å²) < 4.78 is 9.55. The van der Waals surface area contributed by atoms with Gasteiger partial charge in [-0.3, -0.25) is 19.2 Å². The minimum atomic E-state index is -0.215. The topological polar surface area (TPSA) is 86.7 Å². The molecule has 2 aliphatic rings. The fourth-order valence-corrected chi connectivity index (χ4v) is 3.90. The van der Waals surface area contributed by atoms with Gasteiger partial charge in [0.05, 0.1) is 24.7 Å². The minimum Gasteiger partial charge on any atom is -0.465 e. The first-order valence-corrected chi connectivity index (χ1v) is 12.7. The van der Waals surface area contributed by atoms with Gasteiger partial charge in [0.2, 0.25) is 0 Å². The number of rotatable bonds is 14. The Kier molecular flexibility index (Phi) is 20.5. The number of hydrogen-bond donors (Lipinski definition) is 0. The molecule has 0 bridgehead atoms. The molecule has 2 aliphatic carbocycles. The zero-order valence-corrected chi connectivity index (χ0v) is 21.6. The third kappa shape index (κ3) is 15.9. The molecule has 2 saturated carbocycles. The fourth-order valence-electron chi connectivity index (χ4n) is 2.45. The monoisotopic (exact) mass is 534 g/mol. The van der Waals surface area contributed by atoms with Crippen LogP contribution in [0.3, 0.4) is 0 Å². The molecule has 0 amide bonds. The van der Waals surface area contributed by atoms with Gasteiger partial charge in [-0.1, -0.05) is 0 Å². The van der Waals surface area contributed by atoms with Crippen LogP contribution in [0.15, 0.2) is 0 Å². The van der Waals surface area contributed by atoms with Crippen molar-refractivity contribution in [2.45, 2.75) is 26.7 Å². The van der Waals surface area contributed by atoms with Crippen molar-refractivity contribution < 1.29 is 45.7 Å². The van der Waals surface area contributed by atoms with Crippen molar-refractivity contribution in [3.63, 3.8) is 0 Å². The van der Waals surface area contributed by atoms with Crippen LogP contribution in [0.4, 0.5) is 0 Å². The molecule has 0 N–H and O–H groups in total. The summed E-state index contributed by atoms with van der Waals surface area (Å²) in [7, 11) is 0. The molecule has 9 heteroatoms. The first-order valence-electron chi connectivity index (χ1n) is 10.4. The summed E-state index contributed by atoms with van der Waals surface area (Å²) in [5.74, 6) is 3.27. The first kappa shape index (κ1) is 32.5. The molecule has 0 aromatic carbocycles. The molecule has 33 heavy (non-hydrogen) atoms. The van der Waals surface area contributed by atoms with Crippen LogP contribution in [0.2, 0.25) is 0 Å². The number of hydrogen-bond acceptors (Lipinski definition) is 8. The summed E-state index contributed by atoms with van der Waals surface area (Å²) in [6.07, 6.45) is 15.5. The van der Waals surface area contributed by atoms with Gasteiger partial charge in [-0.05, 0) is 65.2 Å². The number of carbonyl (C=O) groups is 4. The second-order valence-electron chi connectivity index (χ2n) is 6.41. The molecule has 2 fully saturated rings. The number of ketones is 2. The maximum atomic E-state index is 11.5. The number of carbonyl (C=O) groups excluding carboxylic acids is 4. The standard InChI is InChI=1S/2C12H15O3S.Fe/c2*1-2-15-12(14)9-16-8-7-11(13)10-5-3-4-6-10;/h2*3-6H,2,7-9H2,1H3;/q;;+2. The molecule has 0 aliphatic heterocycles. The van der Waals surface area contributed by atoms with E-state index < -0.39 is 0 Å². The van der Waals surface area contributed by atoms with E-state index in [1.807, 2.05) is 25.7 Å². The maximum Gasteiger partial charge on any atom is 2.00 e. The summed E-state index contributed by atoms with van der Waals surface area (Å²) in [6, 6.07) is 0. The van der Waals surface area contributed by atoms with Gasteiger partial charge in [0.15, 0.2) is 0 Å². The predicted octanol–water partition coefficient (Wildman–Crippen LogP) is 3.29. The summed E-state index contributed by atoms with van der Waals surface area (Å²) in [5, 5.41) is 0. The van der Waals surface area contributed by atoms with Crippen LogP contribution in [0.25, 0.3) is 0 Å². The van der Waals surface area contributed by atoms with E-state index in [1.165, 1.54) is 23.5 Å². The largest absolute Gasteiger partial charge is 2.00 e. The number of ether oxygens (including phenoxy) is 2. The summed E-state index contributed by atoms with van der Waals surface area (Å²) in [4.78, 5) is 45.1. The second-order valence-corrected chi connectivity index (χ2v) is 8.62. The summed E-state index contributed by atoms with van der Waals surface area (Å²) in [6.45, 7) is 4.38. The minimum absolute atomic E-state index is 0. The molecule has 0 atom stereocenters. The molecule has 0 unspecified atom stereocenters. The average molecular weight is 534 g/mol. The number of Topliss-reactive ketones (excluding diaryl/α,β-unsaturated/α-hetero) is 2. The van der Waals surface area contributed by atoms with Gasteiger partial charge in [0.1, 0.15) is 11.6 Å². The molecule has 10 radical (unpaired) electrons. The second kappa shape index (κ2) is 20.8. The van der Waals surface area contributed by atoms with E-state index in [-0.39, 0.29) is 40.6 Å². The van der Waals surface area contributed by atoms with Crippen LogP contribution in [0, 0.1) is 63.2 Å². The fraction of sp³-hybridized carbons (Fsp3) is 0.417. The van der Waals surface area contributed by atoms with Crippen LogP contribution in [-0.4, -0.2) is 59.7 Å². The Morgan fingerprint density at radius 3 is 1.30 bits per heavy atom. The van der Waals surface area contributed by atoms with Crippen LogP contribution >= 0.6 is 23.5 Å². The van der Waals surface area contributed by atoms with Crippen LogP contribution < -0.4 is 0 Å². The molecule has 0 aromatic rings. The predicted molar refractivity (Wildman–Crippen MR) is 128 cm³/mol. The molecule has 0 aromatic heterocycles. The maximum absolute atomic E-state index is 11.5. The van der Waals surface area contributed by atoms with Gasteiger partial charge >= 0.3 is 29.0 Å². The molecule has 0 saturated heterocycles. The summed E-state index contributed by atoms with van der Waals surface area (Å²) >= 11 is 2.86. The van der Waals surface area contributed by atoms with Gasteiger partial charge in [0, 0.05) is 36.2 Å². The normalized spacial score (nSPS) is 15.8. The SMILES string of the molecule is CCOC(=O)CSCCC(=O)[C]1[CH][CH][CH][CH]1.CCOC(=O)CSCCC(=O)[C]1[CH][CH][CH][CH]1.[Fe+2].